The Morgan fingerprint density at radius 2 is 1.91 bits per heavy atom. The molecule has 2 aliphatic rings. The fraction of sp³-hybridized carbons (Fsp3) is 0.360. The van der Waals surface area contributed by atoms with Crippen molar-refractivity contribution >= 4 is 40.3 Å². The zero-order valence-electron chi connectivity index (χ0n) is 18.4. The number of nitrogens with zero attached hydrogens (tertiary/aromatic N) is 3. The smallest absolute Gasteiger partial charge is 0.174 e. The molecule has 0 radical (unpaired) electrons. The highest BCUT2D eigenvalue weighted by molar-refractivity contribution is 7.80. The summed E-state index contributed by atoms with van der Waals surface area (Å²) in [6.45, 7) is 6.49. The lowest BCUT2D eigenvalue weighted by Gasteiger charge is -2.33. The molecular formula is C25H28ClN5S. The minimum atomic E-state index is -0.0659. The number of piperidine rings is 1. The highest BCUT2D eigenvalue weighted by atomic mass is 35.5. The summed E-state index contributed by atoms with van der Waals surface area (Å²) in [7, 11) is 0. The average Bonchev–Trinajstić information content (AvgIpc) is 3.38. The molecule has 0 aliphatic carbocycles. The number of H-pyrrole nitrogens is 1. The number of anilines is 2. The maximum Gasteiger partial charge on any atom is 0.174 e. The van der Waals surface area contributed by atoms with Gasteiger partial charge in [0.25, 0.3) is 0 Å². The zero-order chi connectivity index (χ0) is 22.2. The van der Waals surface area contributed by atoms with Gasteiger partial charge in [-0.2, -0.15) is 0 Å². The predicted molar refractivity (Wildman–Crippen MR) is 136 cm³/mol. The predicted octanol–water partition coefficient (Wildman–Crippen LogP) is 5.78. The van der Waals surface area contributed by atoms with E-state index >= 15 is 0 Å². The van der Waals surface area contributed by atoms with Crippen molar-refractivity contribution in [2.45, 2.75) is 38.8 Å². The first kappa shape index (κ1) is 21.3. The minimum Gasteiger partial charge on any atom is -0.370 e. The topological polar surface area (TPSA) is 47.2 Å². The summed E-state index contributed by atoms with van der Waals surface area (Å²) in [6.07, 6.45) is 4.24. The maximum absolute atomic E-state index is 6.82. The molecule has 0 unspecified atom stereocenters. The van der Waals surface area contributed by atoms with Crippen LogP contribution in [-0.2, 0) is 0 Å². The molecule has 2 N–H and O–H groups in total. The molecule has 7 heteroatoms. The van der Waals surface area contributed by atoms with Gasteiger partial charge in [0.15, 0.2) is 5.11 Å². The van der Waals surface area contributed by atoms with E-state index in [1.165, 1.54) is 12.8 Å². The van der Waals surface area contributed by atoms with E-state index in [1.807, 2.05) is 30.5 Å². The Hall–Kier alpha value is -2.57. The number of aromatic nitrogens is 2. The number of benzene rings is 1. The molecule has 2 fully saturated rings. The van der Waals surface area contributed by atoms with Crippen LogP contribution >= 0.6 is 23.8 Å². The molecule has 2 aliphatic heterocycles. The number of nitrogens with one attached hydrogen (secondary N) is 2. The van der Waals surface area contributed by atoms with Crippen molar-refractivity contribution in [3.8, 4) is 0 Å². The highest BCUT2D eigenvalue weighted by Gasteiger charge is 2.41. The van der Waals surface area contributed by atoms with E-state index in [9.17, 15) is 0 Å². The number of thiocarbonyl (C=S) groups is 1. The number of hydrogen-bond acceptors (Lipinski definition) is 3. The van der Waals surface area contributed by atoms with Crippen molar-refractivity contribution < 1.29 is 0 Å². The molecule has 0 saturated carbocycles. The average molecular weight is 466 g/mol. The highest BCUT2D eigenvalue weighted by Crippen LogP contribution is 2.43. The first-order valence-electron chi connectivity index (χ1n) is 11.2. The van der Waals surface area contributed by atoms with E-state index in [4.69, 9.17) is 23.8 Å². The molecule has 1 aromatic carbocycles. The molecule has 0 amide bonds. The van der Waals surface area contributed by atoms with Crippen LogP contribution in [0.1, 0.15) is 48.9 Å². The van der Waals surface area contributed by atoms with Crippen LogP contribution in [-0.4, -0.2) is 28.2 Å². The Morgan fingerprint density at radius 1 is 1.09 bits per heavy atom. The zero-order valence-corrected chi connectivity index (χ0v) is 20.0. The van der Waals surface area contributed by atoms with Crippen molar-refractivity contribution in [1.29, 1.82) is 0 Å². The second kappa shape index (κ2) is 8.75. The standard InChI is InChI=1S/C25H28ClN5S/c1-16-10-13-30(14-11-16)22-9-7-18(15-19(22)26)31-24(21-8-6-17(2)28-21)23(29-25(31)32)20-5-3-4-12-27-20/h3-9,12,15-16,23-24,28H,10-11,13-14H2,1-2H3,(H,29,32)/t23-,24+/m1/s1. The SMILES string of the molecule is Cc1ccc([C@H]2[C@@H](c3ccccn3)NC(=S)N2c2ccc(N3CCC(C)CC3)c(Cl)c2)[nH]1. The van der Waals surface area contributed by atoms with Gasteiger partial charge in [-0.3, -0.25) is 4.98 Å². The van der Waals surface area contributed by atoms with Gasteiger partial charge in [0, 0.05) is 36.4 Å². The van der Waals surface area contributed by atoms with Crippen LogP contribution in [0.5, 0.6) is 0 Å². The number of hydrogen-bond donors (Lipinski definition) is 2. The summed E-state index contributed by atoms with van der Waals surface area (Å²) in [5.74, 6) is 0.783. The van der Waals surface area contributed by atoms with Crippen molar-refractivity contribution in [1.82, 2.24) is 15.3 Å². The van der Waals surface area contributed by atoms with Gasteiger partial charge in [-0.15, -0.1) is 0 Å². The lowest BCUT2D eigenvalue weighted by atomic mass is 9.98. The summed E-state index contributed by atoms with van der Waals surface area (Å²) in [6, 6.07) is 16.4. The minimum absolute atomic E-state index is 0.0520. The van der Waals surface area contributed by atoms with Crippen molar-refractivity contribution in [2.75, 3.05) is 22.9 Å². The molecule has 4 heterocycles. The maximum atomic E-state index is 6.82. The van der Waals surface area contributed by atoms with Gasteiger partial charge >= 0.3 is 0 Å². The summed E-state index contributed by atoms with van der Waals surface area (Å²) < 4.78 is 0. The molecular weight excluding hydrogens is 438 g/mol. The van der Waals surface area contributed by atoms with E-state index in [2.05, 4.69) is 63.2 Å². The van der Waals surface area contributed by atoms with Gasteiger partial charge in [0.05, 0.1) is 22.4 Å². The Kier molecular flexibility index (Phi) is 5.82. The Labute approximate surface area is 199 Å². The molecule has 0 spiro atoms. The van der Waals surface area contributed by atoms with Crippen LogP contribution in [0.4, 0.5) is 11.4 Å². The second-order valence-corrected chi connectivity index (χ2v) is 9.69. The van der Waals surface area contributed by atoms with Gasteiger partial charge in [0.2, 0.25) is 0 Å². The third-order valence-corrected chi connectivity index (χ3v) is 7.22. The van der Waals surface area contributed by atoms with Gasteiger partial charge in [-0.05, 0) is 80.4 Å². The molecule has 2 aromatic heterocycles. The largest absolute Gasteiger partial charge is 0.370 e. The van der Waals surface area contributed by atoms with Crippen molar-refractivity contribution in [3.63, 3.8) is 0 Å². The third-order valence-electron chi connectivity index (χ3n) is 6.60. The van der Waals surface area contributed by atoms with E-state index in [0.29, 0.717) is 5.11 Å². The van der Waals surface area contributed by atoms with Crippen LogP contribution in [0.3, 0.4) is 0 Å². The molecule has 5 rings (SSSR count). The molecule has 2 saturated heterocycles. The summed E-state index contributed by atoms with van der Waals surface area (Å²) in [5, 5.41) is 4.94. The third kappa shape index (κ3) is 3.97. The van der Waals surface area contributed by atoms with E-state index < -0.39 is 0 Å². The van der Waals surface area contributed by atoms with Crippen LogP contribution in [0, 0.1) is 12.8 Å². The van der Waals surface area contributed by atoms with Crippen molar-refractivity contribution in [3.05, 3.63) is 76.8 Å². The molecule has 3 aromatic rings. The first-order valence-corrected chi connectivity index (χ1v) is 12.0. The Morgan fingerprint density at radius 3 is 2.56 bits per heavy atom. The number of rotatable bonds is 4. The van der Waals surface area contributed by atoms with Crippen molar-refractivity contribution in [2.24, 2.45) is 5.92 Å². The Balaban J connectivity index is 1.51. The fourth-order valence-corrected chi connectivity index (χ4v) is 5.44. The van der Waals surface area contributed by atoms with Crippen LogP contribution in [0.15, 0.2) is 54.7 Å². The number of pyridine rings is 1. The number of aryl methyl sites for hydroxylation is 1. The van der Waals surface area contributed by atoms with E-state index in [1.54, 1.807) is 0 Å². The summed E-state index contributed by atoms with van der Waals surface area (Å²) >= 11 is 12.6. The summed E-state index contributed by atoms with van der Waals surface area (Å²) in [4.78, 5) is 12.7. The molecule has 32 heavy (non-hydrogen) atoms. The van der Waals surface area contributed by atoms with Gasteiger partial charge in [-0.25, -0.2) is 0 Å². The number of halogens is 1. The van der Waals surface area contributed by atoms with Gasteiger partial charge in [0.1, 0.15) is 6.04 Å². The molecule has 5 nitrogen and oxygen atoms in total. The van der Waals surface area contributed by atoms with E-state index in [-0.39, 0.29) is 12.1 Å². The molecule has 166 valence electrons. The van der Waals surface area contributed by atoms with Gasteiger partial charge in [-0.1, -0.05) is 24.6 Å². The lowest BCUT2D eigenvalue weighted by Crippen LogP contribution is -2.33. The molecule has 2 atom stereocenters. The van der Waals surface area contributed by atoms with E-state index in [0.717, 1.165) is 52.5 Å². The van der Waals surface area contributed by atoms with Crippen LogP contribution < -0.4 is 15.1 Å². The first-order chi connectivity index (χ1) is 15.5. The Bertz CT molecular complexity index is 1110. The quantitative estimate of drug-likeness (QED) is 0.478. The summed E-state index contributed by atoms with van der Waals surface area (Å²) in [5.41, 5.74) is 5.26. The normalized spacial score (nSPS) is 21.8. The monoisotopic (exact) mass is 465 g/mol. The van der Waals surface area contributed by atoms with Crippen LogP contribution in [0.2, 0.25) is 5.02 Å². The van der Waals surface area contributed by atoms with Crippen LogP contribution in [0.25, 0.3) is 0 Å². The molecule has 0 bridgehead atoms. The number of aromatic amines is 1. The lowest BCUT2D eigenvalue weighted by molar-refractivity contribution is 0.438. The van der Waals surface area contributed by atoms with Gasteiger partial charge < -0.3 is 20.1 Å². The second-order valence-electron chi connectivity index (χ2n) is 8.90. The fourth-order valence-electron chi connectivity index (χ4n) is 4.80.